The van der Waals surface area contributed by atoms with Crippen LogP contribution in [-0.4, -0.2) is 19.0 Å². The summed E-state index contributed by atoms with van der Waals surface area (Å²) in [6, 6.07) is 8.86. The molecule has 0 aromatic heterocycles. The lowest BCUT2D eigenvalue weighted by molar-refractivity contribution is -0.123. The molecule has 2 unspecified atom stereocenters. The number of carbonyl (C=O) groups is 1. The summed E-state index contributed by atoms with van der Waals surface area (Å²) >= 11 is 0. The van der Waals surface area contributed by atoms with E-state index in [1.54, 1.807) is 7.05 Å². The highest BCUT2D eigenvalue weighted by Crippen LogP contribution is 2.29. The van der Waals surface area contributed by atoms with E-state index in [1.807, 2.05) is 0 Å². The van der Waals surface area contributed by atoms with Crippen LogP contribution in [0.2, 0.25) is 0 Å². The highest BCUT2D eigenvalue weighted by Gasteiger charge is 2.25. The Morgan fingerprint density at radius 2 is 2.05 bits per heavy atom. The molecule has 1 aliphatic rings. The molecule has 0 heterocycles. The summed E-state index contributed by atoms with van der Waals surface area (Å²) in [5, 5.41) is 6.42. The maximum atomic E-state index is 12.1. The van der Waals surface area contributed by atoms with Gasteiger partial charge >= 0.3 is 0 Å². The zero-order valence-electron chi connectivity index (χ0n) is 13.5. The van der Waals surface area contributed by atoms with Gasteiger partial charge in [-0.25, -0.2) is 0 Å². The van der Waals surface area contributed by atoms with Crippen LogP contribution in [0.3, 0.4) is 0 Å². The van der Waals surface area contributed by atoms with Crippen molar-refractivity contribution in [2.24, 2.45) is 5.92 Å². The first-order valence-corrected chi connectivity index (χ1v) is 8.17. The largest absolute Gasteiger partial charge is 0.358 e. The lowest BCUT2D eigenvalue weighted by Gasteiger charge is -2.26. The number of amides is 1. The van der Waals surface area contributed by atoms with E-state index in [0.29, 0.717) is 12.0 Å². The maximum absolute atomic E-state index is 12.1. The topological polar surface area (TPSA) is 41.1 Å². The van der Waals surface area contributed by atoms with Crippen LogP contribution in [-0.2, 0) is 11.2 Å². The smallest absolute Gasteiger partial charge is 0.236 e. The molecule has 3 nitrogen and oxygen atoms in total. The molecule has 2 N–H and O–H groups in total. The Labute approximate surface area is 128 Å². The summed E-state index contributed by atoms with van der Waals surface area (Å²) in [4.78, 5) is 12.1. The molecular weight excluding hydrogens is 260 g/mol. The lowest BCUT2D eigenvalue weighted by atomic mass is 9.96. The molecule has 0 radical (unpaired) electrons. The number of likely N-dealkylation sites (N-methyl/N-ethyl adjacent to an activating group) is 1. The Balaban J connectivity index is 2.17. The zero-order chi connectivity index (χ0) is 15.2. The highest BCUT2D eigenvalue weighted by atomic mass is 16.2. The average molecular weight is 288 g/mol. The molecule has 0 bridgehead atoms. The molecule has 0 spiro atoms. The fraction of sp³-hybridized carbons (Fsp3) is 0.611. The van der Waals surface area contributed by atoms with Gasteiger partial charge in [-0.3, -0.25) is 10.1 Å². The number of carbonyl (C=O) groups excluding carboxylic acids is 1. The second-order valence-corrected chi connectivity index (χ2v) is 6.46. The van der Waals surface area contributed by atoms with Gasteiger partial charge in [-0.2, -0.15) is 0 Å². The first kappa shape index (κ1) is 16.0. The molecular formula is C18H28N2O. The van der Waals surface area contributed by atoms with Gasteiger partial charge in [-0.1, -0.05) is 44.5 Å². The Morgan fingerprint density at radius 3 is 2.76 bits per heavy atom. The van der Waals surface area contributed by atoms with E-state index in [-0.39, 0.29) is 11.9 Å². The number of hydrogen-bond donors (Lipinski definition) is 2. The summed E-state index contributed by atoms with van der Waals surface area (Å²) in [6.45, 7) is 4.33. The number of fused-ring (bicyclic) bond motifs is 1. The first-order chi connectivity index (χ1) is 10.1. The average Bonchev–Trinajstić information content (AvgIpc) is 2.68. The second-order valence-electron chi connectivity index (χ2n) is 6.46. The fourth-order valence-corrected chi connectivity index (χ4v) is 3.23. The van der Waals surface area contributed by atoms with Crippen molar-refractivity contribution >= 4 is 5.91 Å². The summed E-state index contributed by atoms with van der Waals surface area (Å²) in [5.74, 6) is 0.603. The lowest BCUT2D eigenvalue weighted by Crippen LogP contribution is -2.45. The number of rotatable bonds is 5. The minimum atomic E-state index is -0.105. The molecule has 1 aromatic rings. The van der Waals surface area contributed by atoms with Crippen LogP contribution in [0, 0.1) is 5.92 Å². The Kier molecular flexibility index (Phi) is 5.80. The Morgan fingerprint density at radius 1 is 1.29 bits per heavy atom. The molecule has 0 fully saturated rings. The molecule has 1 aromatic carbocycles. The SMILES string of the molecule is CNC(=O)C(CC(C)C)NC1CCCCc2ccccc21. The van der Waals surface area contributed by atoms with E-state index in [1.165, 1.54) is 24.0 Å². The molecule has 0 aliphatic heterocycles. The van der Waals surface area contributed by atoms with E-state index in [2.05, 4.69) is 48.7 Å². The normalized spacial score (nSPS) is 19.7. The fourth-order valence-electron chi connectivity index (χ4n) is 3.23. The van der Waals surface area contributed by atoms with Gasteiger partial charge in [0.25, 0.3) is 0 Å². The van der Waals surface area contributed by atoms with Gasteiger partial charge < -0.3 is 5.32 Å². The van der Waals surface area contributed by atoms with Gasteiger partial charge in [0.1, 0.15) is 0 Å². The number of aryl methyl sites for hydroxylation is 1. The molecule has 2 rings (SSSR count). The van der Waals surface area contributed by atoms with Crippen LogP contribution in [0.5, 0.6) is 0 Å². The van der Waals surface area contributed by atoms with Crippen molar-refractivity contribution in [2.45, 2.75) is 58.0 Å². The van der Waals surface area contributed by atoms with E-state index < -0.39 is 0 Å². The highest BCUT2D eigenvalue weighted by molar-refractivity contribution is 5.81. The molecule has 3 heteroatoms. The minimum absolute atomic E-state index is 0.102. The van der Waals surface area contributed by atoms with Gasteiger partial charge in [0.15, 0.2) is 0 Å². The van der Waals surface area contributed by atoms with Crippen molar-refractivity contribution in [3.05, 3.63) is 35.4 Å². The molecule has 116 valence electrons. The van der Waals surface area contributed by atoms with E-state index in [4.69, 9.17) is 0 Å². The van der Waals surface area contributed by atoms with Gasteiger partial charge in [0, 0.05) is 13.1 Å². The molecule has 0 saturated heterocycles. The number of hydrogen-bond acceptors (Lipinski definition) is 2. The van der Waals surface area contributed by atoms with Crippen LogP contribution < -0.4 is 10.6 Å². The molecule has 1 aliphatic carbocycles. The van der Waals surface area contributed by atoms with Crippen LogP contribution in [0.4, 0.5) is 0 Å². The first-order valence-electron chi connectivity index (χ1n) is 8.17. The molecule has 0 saturated carbocycles. The van der Waals surface area contributed by atoms with Crippen LogP contribution >= 0.6 is 0 Å². The van der Waals surface area contributed by atoms with Gasteiger partial charge in [-0.05, 0) is 42.7 Å². The minimum Gasteiger partial charge on any atom is -0.358 e. The number of nitrogens with one attached hydrogen (secondary N) is 2. The van der Waals surface area contributed by atoms with Crippen LogP contribution in [0.15, 0.2) is 24.3 Å². The van der Waals surface area contributed by atoms with Crippen molar-refractivity contribution in [1.29, 1.82) is 0 Å². The molecule has 1 amide bonds. The number of benzene rings is 1. The van der Waals surface area contributed by atoms with Crippen molar-refractivity contribution in [3.63, 3.8) is 0 Å². The Hall–Kier alpha value is -1.35. The third-order valence-corrected chi connectivity index (χ3v) is 4.29. The summed E-state index contributed by atoms with van der Waals surface area (Å²) in [6.07, 6.45) is 5.60. The summed E-state index contributed by atoms with van der Waals surface area (Å²) in [7, 11) is 1.72. The van der Waals surface area contributed by atoms with Crippen molar-refractivity contribution in [3.8, 4) is 0 Å². The van der Waals surface area contributed by atoms with Gasteiger partial charge in [-0.15, -0.1) is 0 Å². The zero-order valence-corrected chi connectivity index (χ0v) is 13.5. The Bertz CT molecular complexity index is 470. The van der Waals surface area contributed by atoms with Crippen molar-refractivity contribution in [2.75, 3.05) is 7.05 Å². The third-order valence-electron chi connectivity index (χ3n) is 4.29. The standard InChI is InChI=1S/C18H28N2O/c1-13(2)12-17(18(21)19-3)20-16-11-7-5-9-14-8-4-6-10-15(14)16/h4,6,8,10,13,16-17,20H,5,7,9,11-12H2,1-3H3,(H,19,21). The van der Waals surface area contributed by atoms with E-state index >= 15 is 0 Å². The second kappa shape index (κ2) is 7.60. The summed E-state index contributed by atoms with van der Waals surface area (Å²) in [5.41, 5.74) is 2.82. The van der Waals surface area contributed by atoms with Crippen LogP contribution in [0.25, 0.3) is 0 Å². The van der Waals surface area contributed by atoms with Gasteiger partial charge in [0.05, 0.1) is 6.04 Å². The molecule has 2 atom stereocenters. The van der Waals surface area contributed by atoms with Crippen molar-refractivity contribution in [1.82, 2.24) is 10.6 Å². The maximum Gasteiger partial charge on any atom is 0.236 e. The van der Waals surface area contributed by atoms with E-state index in [9.17, 15) is 4.79 Å². The van der Waals surface area contributed by atoms with Gasteiger partial charge in [0.2, 0.25) is 5.91 Å². The predicted molar refractivity (Wildman–Crippen MR) is 87.2 cm³/mol. The molecule has 21 heavy (non-hydrogen) atoms. The van der Waals surface area contributed by atoms with E-state index in [0.717, 1.165) is 19.3 Å². The quantitative estimate of drug-likeness (QED) is 0.817. The third kappa shape index (κ3) is 4.31. The van der Waals surface area contributed by atoms with Crippen molar-refractivity contribution < 1.29 is 4.79 Å². The predicted octanol–water partition coefficient (Wildman–Crippen LogP) is 3.20. The summed E-state index contributed by atoms with van der Waals surface area (Å²) < 4.78 is 0. The monoisotopic (exact) mass is 288 g/mol. The van der Waals surface area contributed by atoms with Crippen LogP contribution in [0.1, 0.15) is 56.7 Å².